The molecule has 1 aliphatic rings. The van der Waals surface area contributed by atoms with Gasteiger partial charge in [0.2, 0.25) is 11.1 Å². The number of anilines is 1. The number of carbonyl (C=O) groups is 1. The van der Waals surface area contributed by atoms with Gasteiger partial charge in [0.1, 0.15) is 6.10 Å². The van der Waals surface area contributed by atoms with Gasteiger partial charge in [-0.05, 0) is 23.3 Å². The Balaban J connectivity index is 1.57. The molecule has 11 heteroatoms. The summed E-state index contributed by atoms with van der Waals surface area (Å²) in [5.74, 6) is 1.53. The summed E-state index contributed by atoms with van der Waals surface area (Å²) in [7, 11) is 5.54. The second-order valence-corrected chi connectivity index (χ2v) is 7.12. The molecule has 1 fully saturated rings. The first-order valence-corrected chi connectivity index (χ1v) is 9.31. The van der Waals surface area contributed by atoms with Gasteiger partial charge < -0.3 is 14.5 Å². The van der Waals surface area contributed by atoms with Crippen LogP contribution in [0.25, 0.3) is 0 Å². The summed E-state index contributed by atoms with van der Waals surface area (Å²) in [5.41, 5.74) is 0. The third-order valence-electron chi connectivity index (χ3n) is 3.99. The highest BCUT2D eigenvalue weighted by molar-refractivity contribution is 7.99. The van der Waals surface area contributed by atoms with Gasteiger partial charge in [-0.15, -0.1) is 5.10 Å². The largest absolute Gasteiger partial charge is 0.470 e. The Kier molecular flexibility index (Phi) is 5.86. The maximum absolute atomic E-state index is 12.5. The summed E-state index contributed by atoms with van der Waals surface area (Å²) in [6, 6.07) is 0. The van der Waals surface area contributed by atoms with Crippen LogP contribution in [-0.2, 0) is 11.8 Å². The Labute approximate surface area is 155 Å². The highest BCUT2D eigenvalue weighted by atomic mass is 32.2. The van der Waals surface area contributed by atoms with E-state index in [2.05, 4.69) is 25.5 Å². The fraction of sp³-hybridized carbons (Fsp3) is 0.600. The fourth-order valence-corrected chi connectivity index (χ4v) is 3.44. The Hall–Kier alpha value is -2.43. The molecule has 26 heavy (non-hydrogen) atoms. The van der Waals surface area contributed by atoms with E-state index in [1.54, 1.807) is 24.1 Å². The Morgan fingerprint density at radius 1 is 1.38 bits per heavy atom. The molecule has 1 unspecified atom stereocenters. The molecule has 1 atom stereocenters. The van der Waals surface area contributed by atoms with E-state index in [9.17, 15) is 4.79 Å². The van der Waals surface area contributed by atoms with Crippen molar-refractivity contribution in [1.82, 2.24) is 35.1 Å². The molecule has 1 aliphatic heterocycles. The maximum atomic E-state index is 12.5. The molecule has 140 valence electrons. The zero-order valence-electron chi connectivity index (χ0n) is 15.1. The number of ether oxygens (including phenoxy) is 1. The molecule has 0 saturated carbocycles. The van der Waals surface area contributed by atoms with E-state index in [0.29, 0.717) is 29.2 Å². The molecular weight excluding hydrogens is 356 g/mol. The Bertz CT molecular complexity index is 753. The summed E-state index contributed by atoms with van der Waals surface area (Å²) >= 11 is 1.33. The third kappa shape index (κ3) is 4.40. The number of hydrogen-bond acceptors (Lipinski definition) is 9. The standard InChI is InChI=1S/C15H22N8O2S/c1-21(2)13-14(17-7-6-16-13)25-11-5-4-8-23(9-11)12(24)10-26-15-18-19-20-22(15)3/h6-7,11H,4-5,8-10H2,1-3H3. The van der Waals surface area contributed by atoms with Gasteiger partial charge in [-0.2, -0.15) is 0 Å². The molecule has 3 heterocycles. The molecular formula is C15H22N8O2S. The second kappa shape index (κ2) is 8.30. The van der Waals surface area contributed by atoms with Crippen molar-refractivity contribution in [2.45, 2.75) is 24.1 Å². The number of carbonyl (C=O) groups excluding carboxylic acids is 1. The average molecular weight is 378 g/mol. The first-order valence-electron chi connectivity index (χ1n) is 8.32. The van der Waals surface area contributed by atoms with Crippen molar-refractivity contribution < 1.29 is 9.53 Å². The van der Waals surface area contributed by atoms with Crippen molar-refractivity contribution >= 4 is 23.5 Å². The smallest absolute Gasteiger partial charge is 0.257 e. The first kappa shape index (κ1) is 18.4. The minimum absolute atomic E-state index is 0.0540. The summed E-state index contributed by atoms with van der Waals surface area (Å²) in [5, 5.41) is 11.8. The third-order valence-corrected chi connectivity index (χ3v) is 4.98. The Morgan fingerprint density at radius 2 is 2.19 bits per heavy atom. The molecule has 0 aromatic carbocycles. The molecule has 0 spiro atoms. The fourth-order valence-electron chi connectivity index (χ4n) is 2.69. The molecule has 0 aliphatic carbocycles. The minimum Gasteiger partial charge on any atom is -0.470 e. The van der Waals surface area contributed by atoms with Gasteiger partial charge in [-0.25, -0.2) is 14.6 Å². The van der Waals surface area contributed by atoms with Crippen LogP contribution in [0.3, 0.4) is 0 Å². The van der Waals surface area contributed by atoms with Gasteiger partial charge in [0.05, 0.1) is 12.3 Å². The van der Waals surface area contributed by atoms with Crippen molar-refractivity contribution in [2.75, 3.05) is 37.8 Å². The van der Waals surface area contributed by atoms with Crippen LogP contribution >= 0.6 is 11.8 Å². The molecule has 0 bridgehead atoms. The van der Waals surface area contributed by atoms with Gasteiger partial charge in [0.25, 0.3) is 5.88 Å². The van der Waals surface area contributed by atoms with Gasteiger partial charge in [0, 0.05) is 40.1 Å². The van der Waals surface area contributed by atoms with Gasteiger partial charge in [-0.1, -0.05) is 11.8 Å². The van der Waals surface area contributed by atoms with Crippen LogP contribution in [0.15, 0.2) is 17.6 Å². The van der Waals surface area contributed by atoms with Gasteiger partial charge in [-0.3, -0.25) is 4.79 Å². The lowest BCUT2D eigenvalue weighted by Crippen LogP contribution is -2.45. The van der Waals surface area contributed by atoms with Crippen molar-refractivity contribution in [3.05, 3.63) is 12.4 Å². The highest BCUT2D eigenvalue weighted by Crippen LogP contribution is 2.24. The van der Waals surface area contributed by atoms with Crippen LogP contribution in [0.1, 0.15) is 12.8 Å². The Morgan fingerprint density at radius 3 is 2.92 bits per heavy atom. The lowest BCUT2D eigenvalue weighted by Gasteiger charge is -2.33. The molecule has 10 nitrogen and oxygen atoms in total. The normalized spacial score (nSPS) is 17.2. The van der Waals surface area contributed by atoms with Crippen LogP contribution in [0.4, 0.5) is 5.82 Å². The van der Waals surface area contributed by atoms with Crippen molar-refractivity contribution in [2.24, 2.45) is 7.05 Å². The average Bonchev–Trinajstić information content (AvgIpc) is 3.05. The first-order chi connectivity index (χ1) is 12.5. The van der Waals surface area contributed by atoms with E-state index in [1.807, 2.05) is 23.9 Å². The number of hydrogen-bond donors (Lipinski definition) is 0. The van der Waals surface area contributed by atoms with E-state index in [0.717, 1.165) is 19.4 Å². The predicted octanol–water partition coefficient (Wildman–Crippen LogP) is 0.228. The van der Waals surface area contributed by atoms with Crippen molar-refractivity contribution in [1.29, 1.82) is 0 Å². The number of tetrazole rings is 1. The minimum atomic E-state index is -0.0930. The lowest BCUT2D eigenvalue weighted by molar-refractivity contribution is -0.130. The summed E-state index contributed by atoms with van der Waals surface area (Å²) in [4.78, 5) is 24.8. The maximum Gasteiger partial charge on any atom is 0.257 e. The second-order valence-electron chi connectivity index (χ2n) is 6.18. The van der Waals surface area contributed by atoms with Crippen LogP contribution in [0, 0.1) is 0 Å². The van der Waals surface area contributed by atoms with Gasteiger partial charge >= 0.3 is 0 Å². The number of rotatable bonds is 6. The number of piperidine rings is 1. The van der Waals surface area contributed by atoms with Crippen molar-refractivity contribution in [3.8, 4) is 5.88 Å². The highest BCUT2D eigenvalue weighted by Gasteiger charge is 2.26. The van der Waals surface area contributed by atoms with Gasteiger partial charge in [0.15, 0.2) is 5.82 Å². The zero-order valence-corrected chi connectivity index (χ0v) is 15.9. The van der Waals surface area contributed by atoms with E-state index in [4.69, 9.17) is 4.74 Å². The number of amides is 1. The topological polar surface area (TPSA) is 102 Å². The summed E-state index contributed by atoms with van der Waals surface area (Å²) in [6.45, 7) is 1.28. The number of nitrogens with zero attached hydrogens (tertiary/aromatic N) is 8. The quantitative estimate of drug-likeness (QED) is 0.653. The molecule has 0 N–H and O–H groups in total. The zero-order chi connectivity index (χ0) is 18.5. The molecule has 0 radical (unpaired) electrons. The lowest BCUT2D eigenvalue weighted by atomic mass is 10.1. The SMILES string of the molecule is CN(C)c1nccnc1OC1CCCN(C(=O)CSc2nnnn2C)C1. The summed E-state index contributed by atoms with van der Waals surface area (Å²) < 4.78 is 7.60. The van der Waals surface area contributed by atoms with E-state index in [1.165, 1.54) is 11.8 Å². The van der Waals surface area contributed by atoms with Crippen LogP contribution < -0.4 is 9.64 Å². The number of aryl methyl sites for hydroxylation is 1. The number of aromatic nitrogens is 6. The molecule has 1 saturated heterocycles. The van der Waals surface area contributed by atoms with Crippen LogP contribution in [-0.4, -0.2) is 80.0 Å². The van der Waals surface area contributed by atoms with E-state index >= 15 is 0 Å². The summed E-state index contributed by atoms with van der Waals surface area (Å²) in [6.07, 6.45) is 4.93. The van der Waals surface area contributed by atoms with Crippen LogP contribution in [0.2, 0.25) is 0 Å². The van der Waals surface area contributed by atoms with E-state index < -0.39 is 0 Å². The number of likely N-dealkylation sites (tertiary alicyclic amines) is 1. The van der Waals surface area contributed by atoms with Crippen molar-refractivity contribution in [3.63, 3.8) is 0 Å². The van der Waals surface area contributed by atoms with Crippen LogP contribution in [0.5, 0.6) is 5.88 Å². The molecule has 2 aromatic heterocycles. The van der Waals surface area contributed by atoms with E-state index in [-0.39, 0.29) is 12.0 Å². The monoisotopic (exact) mass is 378 g/mol. The number of thioether (sulfide) groups is 1. The molecule has 3 rings (SSSR count). The molecule has 2 aromatic rings. The molecule has 1 amide bonds. The predicted molar refractivity (Wildman–Crippen MR) is 96.1 cm³/mol.